The van der Waals surface area contributed by atoms with Crippen LogP contribution in [0.15, 0.2) is 0 Å². The molecule has 25 heavy (non-hydrogen) atoms. The monoisotopic (exact) mass is 349 g/mol. The van der Waals surface area contributed by atoms with Crippen LogP contribution >= 0.6 is 0 Å². The van der Waals surface area contributed by atoms with Gasteiger partial charge in [-0.15, -0.1) is 10.2 Å². The van der Waals surface area contributed by atoms with Crippen molar-refractivity contribution in [2.45, 2.75) is 64.8 Å². The van der Waals surface area contributed by atoms with Crippen LogP contribution in [0.1, 0.15) is 58.2 Å². The number of aromatic amines is 1. The number of esters is 1. The summed E-state index contributed by atoms with van der Waals surface area (Å²) in [6.07, 6.45) is 7.58. The van der Waals surface area contributed by atoms with Gasteiger partial charge in [-0.1, -0.05) is 25.5 Å². The lowest BCUT2D eigenvalue weighted by Gasteiger charge is -2.42. The van der Waals surface area contributed by atoms with Gasteiger partial charge in [0.15, 0.2) is 5.82 Å². The van der Waals surface area contributed by atoms with Crippen molar-refractivity contribution < 1.29 is 9.53 Å². The molecule has 7 heteroatoms. The van der Waals surface area contributed by atoms with E-state index in [1.165, 1.54) is 19.3 Å². The SMILES string of the molecule is CC(C)CCOC(=O)C1CC2CC(CCc3nn[nH]n3)CCC2CN1. The molecule has 4 unspecified atom stereocenters. The summed E-state index contributed by atoms with van der Waals surface area (Å²) in [4.78, 5) is 12.3. The van der Waals surface area contributed by atoms with Crippen molar-refractivity contribution in [3.05, 3.63) is 5.82 Å². The van der Waals surface area contributed by atoms with Crippen LogP contribution in [0.3, 0.4) is 0 Å². The fourth-order valence-corrected chi connectivity index (χ4v) is 4.22. The third-order valence-electron chi connectivity index (χ3n) is 5.80. The molecule has 1 aliphatic heterocycles. The Bertz CT molecular complexity index is 534. The number of rotatable bonds is 7. The van der Waals surface area contributed by atoms with Crippen molar-refractivity contribution in [2.24, 2.45) is 23.7 Å². The highest BCUT2D eigenvalue weighted by Gasteiger charge is 2.38. The van der Waals surface area contributed by atoms with Crippen molar-refractivity contribution in [1.82, 2.24) is 25.9 Å². The molecule has 1 aromatic heterocycles. The Morgan fingerprint density at radius 2 is 2.16 bits per heavy atom. The Morgan fingerprint density at radius 3 is 2.92 bits per heavy atom. The number of piperidine rings is 1. The minimum absolute atomic E-state index is 0.0620. The van der Waals surface area contributed by atoms with Crippen LogP contribution < -0.4 is 5.32 Å². The van der Waals surface area contributed by atoms with Crippen LogP contribution in [0.25, 0.3) is 0 Å². The number of fused-ring (bicyclic) bond motifs is 1. The molecule has 2 fully saturated rings. The highest BCUT2D eigenvalue weighted by Crippen LogP contribution is 2.40. The first-order chi connectivity index (χ1) is 12.1. The third-order valence-corrected chi connectivity index (χ3v) is 5.80. The van der Waals surface area contributed by atoms with Crippen LogP contribution in [0, 0.1) is 23.7 Å². The van der Waals surface area contributed by atoms with Crippen LogP contribution in [-0.4, -0.2) is 45.8 Å². The number of carbonyl (C=O) groups excluding carboxylic acids is 1. The van der Waals surface area contributed by atoms with Gasteiger partial charge in [0, 0.05) is 6.42 Å². The fourth-order valence-electron chi connectivity index (χ4n) is 4.22. The highest BCUT2D eigenvalue weighted by atomic mass is 16.5. The molecule has 3 rings (SSSR count). The van der Waals surface area contributed by atoms with E-state index >= 15 is 0 Å². The van der Waals surface area contributed by atoms with Crippen LogP contribution in [-0.2, 0) is 16.0 Å². The van der Waals surface area contributed by atoms with Gasteiger partial charge >= 0.3 is 5.97 Å². The zero-order chi connectivity index (χ0) is 17.6. The second-order valence-corrected chi connectivity index (χ2v) is 8.11. The molecule has 0 spiro atoms. The number of nitrogens with one attached hydrogen (secondary N) is 2. The number of aromatic nitrogens is 4. The van der Waals surface area contributed by atoms with Gasteiger partial charge in [0.05, 0.1) is 6.61 Å². The summed E-state index contributed by atoms with van der Waals surface area (Å²) in [5, 5.41) is 17.6. The first-order valence-corrected chi connectivity index (χ1v) is 9.74. The summed E-state index contributed by atoms with van der Waals surface area (Å²) >= 11 is 0. The van der Waals surface area contributed by atoms with Crippen LogP contribution in [0.2, 0.25) is 0 Å². The van der Waals surface area contributed by atoms with Gasteiger partial charge in [-0.2, -0.15) is 5.21 Å². The Labute approximate surface area is 149 Å². The quantitative estimate of drug-likeness (QED) is 0.733. The van der Waals surface area contributed by atoms with Gasteiger partial charge in [-0.05, 0) is 62.3 Å². The Balaban J connectivity index is 1.44. The van der Waals surface area contributed by atoms with Crippen LogP contribution in [0.4, 0.5) is 0 Å². The zero-order valence-electron chi connectivity index (χ0n) is 15.4. The number of aryl methyl sites for hydroxylation is 1. The number of hydrogen-bond donors (Lipinski definition) is 2. The number of ether oxygens (including phenoxy) is 1. The molecule has 0 bridgehead atoms. The molecule has 0 aromatic carbocycles. The summed E-state index contributed by atoms with van der Waals surface area (Å²) in [7, 11) is 0. The molecule has 1 aromatic rings. The number of carbonyl (C=O) groups is 1. The maximum atomic E-state index is 12.3. The second kappa shape index (κ2) is 8.74. The molecule has 1 aliphatic carbocycles. The van der Waals surface area contributed by atoms with Gasteiger partial charge in [-0.25, -0.2) is 0 Å². The Kier molecular flexibility index (Phi) is 6.39. The van der Waals surface area contributed by atoms with Gasteiger partial charge in [0.25, 0.3) is 0 Å². The minimum Gasteiger partial charge on any atom is -0.465 e. The van der Waals surface area contributed by atoms with Crippen molar-refractivity contribution in [2.75, 3.05) is 13.2 Å². The van der Waals surface area contributed by atoms with E-state index in [9.17, 15) is 4.79 Å². The molecular formula is C18H31N5O2. The standard InChI is InChI=1S/C18H31N5O2/c1-12(2)7-8-25-18(24)16-10-15-9-13(3-5-14(15)11-19-16)4-6-17-20-22-23-21-17/h12-16,19H,3-11H2,1-2H3,(H,20,21,22,23). The van der Waals surface area contributed by atoms with E-state index < -0.39 is 0 Å². The number of nitrogens with zero attached hydrogens (tertiary/aromatic N) is 3. The normalized spacial score (nSPS) is 29.4. The first kappa shape index (κ1) is 18.3. The number of H-pyrrole nitrogens is 1. The number of tetrazole rings is 1. The molecule has 0 amide bonds. The Hall–Kier alpha value is -1.50. The summed E-state index contributed by atoms with van der Waals surface area (Å²) < 4.78 is 5.47. The lowest BCUT2D eigenvalue weighted by atomic mass is 9.69. The van der Waals surface area contributed by atoms with Crippen LogP contribution in [0.5, 0.6) is 0 Å². The predicted octanol–water partition coefficient (Wildman–Crippen LogP) is 2.12. The van der Waals surface area contributed by atoms with E-state index in [-0.39, 0.29) is 12.0 Å². The third kappa shape index (κ3) is 5.23. The number of hydrogen-bond acceptors (Lipinski definition) is 6. The first-order valence-electron chi connectivity index (χ1n) is 9.74. The fraction of sp³-hybridized carbons (Fsp3) is 0.889. The maximum Gasteiger partial charge on any atom is 0.323 e. The summed E-state index contributed by atoms with van der Waals surface area (Å²) in [5.74, 6) is 3.35. The molecule has 140 valence electrons. The van der Waals surface area contributed by atoms with Crippen molar-refractivity contribution >= 4 is 5.97 Å². The van der Waals surface area contributed by atoms with Crippen molar-refractivity contribution in [3.8, 4) is 0 Å². The van der Waals surface area contributed by atoms with E-state index in [0.29, 0.717) is 30.3 Å². The average Bonchev–Trinajstić information content (AvgIpc) is 3.12. The summed E-state index contributed by atoms with van der Waals surface area (Å²) in [6, 6.07) is -0.121. The van der Waals surface area contributed by atoms with E-state index in [1.54, 1.807) is 0 Å². The van der Waals surface area contributed by atoms with Gasteiger partial charge in [0.1, 0.15) is 6.04 Å². The molecule has 2 heterocycles. The van der Waals surface area contributed by atoms with Crippen molar-refractivity contribution in [3.63, 3.8) is 0 Å². The van der Waals surface area contributed by atoms with E-state index in [1.807, 2.05) is 0 Å². The highest BCUT2D eigenvalue weighted by molar-refractivity contribution is 5.75. The molecular weight excluding hydrogens is 318 g/mol. The molecule has 1 saturated heterocycles. The molecule has 1 saturated carbocycles. The van der Waals surface area contributed by atoms with E-state index in [0.717, 1.165) is 38.1 Å². The molecule has 2 N–H and O–H groups in total. The molecule has 4 atom stereocenters. The predicted molar refractivity (Wildman–Crippen MR) is 93.6 cm³/mol. The molecule has 7 nitrogen and oxygen atoms in total. The van der Waals surface area contributed by atoms with Gasteiger partial charge in [-0.3, -0.25) is 4.79 Å². The van der Waals surface area contributed by atoms with E-state index in [4.69, 9.17) is 4.74 Å². The maximum absolute atomic E-state index is 12.3. The average molecular weight is 349 g/mol. The topological polar surface area (TPSA) is 92.8 Å². The largest absolute Gasteiger partial charge is 0.465 e. The molecule has 0 radical (unpaired) electrons. The smallest absolute Gasteiger partial charge is 0.323 e. The van der Waals surface area contributed by atoms with Crippen molar-refractivity contribution in [1.29, 1.82) is 0 Å². The summed E-state index contributed by atoms with van der Waals surface area (Å²) in [5.41, 5.74) is 0. The van der Waals surface area contributed by atoms with E-state index in [2.05, 4.69) is 39.8 Å². The minimum atomic E-state index is -0.121. The Morgan fingerprint density at radius 1 is 1.28 bits per heavy atom. The lowest BCUT2D eigenvalue weighted by molar-refractivity contribution is -0.148. The molecule has 2 aliphatic rings. The van der Waals surface area contributed by atoms with Gasteiger partial charge < -0.3 is 10.1 Å². The summed E-state index contributed by atoms with van der Waals surface area (Å²) in [6.45, 7) is 5.78. The lowest BCUT2D eigenvalue weighted by Crippen LogP contribution is -2.50. The zero-order valence-corrected chi connectivity index (χ0v) is 15.4. The van der Waals surface area contributed by atoms with Gasteiger partial charge in [0.2, 0.25) is 0 Å². The second-order valence-electron chi connectivity index (χ2n) is 8.11.